The van der Waals surface area contributed by atoms with Crippen LogP contribution in [0.4, 0.5) is 0 Å². The predicted octanol–water partition coefficient (Wildman–Crippen LogP) is 7.04. The van der Waals surface area contributed by atoms with Gasteiger partial charge >= 0.3 is 0 Å². The smallest absolute Gasteiger partial charge is 0.252 e. The van der Waals surface area contributed by atoms with E-state index in [4.69, 9.17) is 42.1 Å². The minimum Gasteiger partial charge on any atom is -0.493 e. The Morgan fingerprint density at radius 1 is 0.921 bits per heavy atom. The van der Waals surface area contributed by atoms with Crippen LogP contribution >= 0.6 is 23.2 Å². The Morgan fingerprint density at radius 2 is 1.66 bits per heavy atom. The number of rotatable bonds is 10. The predicted molar refractivity (Wildman–Crippen MR) is 149 cm³/mol. The van der Waals surface area contributed by atoms with Crippen molar-refractivity contribution in [3.05, 3.63) is 93.5 Å². The van der Waals surface area contributed by atoms with Gasteiger partial charge in [0.05, 0.1) is 39.5 Å². The molecule has 4 atom stereocenters. The number of morpholine rings is 1. The van der Waals surface area contributed by atoms with Crippen LogP contribution < -0.4 is 9.47 Å². The van der Waals surface area contributed by atoms with Crippen molar-refractivity contribution in [1.29, 1.82) is 0 Å². The van der Waals surface area contributed by atoms with E-state index in [-0.39, 0.29) is 18.0 Å². The minimum absolute atomic E-state index is 0.0789. The maximum atomic E-state index is 13.7. The summed E-state index contributed by atoms with van der Waals surface area (Å²) in [6.45, 7) is 4.58. The van der Waals surface area contributed by atoms with Crippen molar-refractivity contribution in [2.75, 3.05) is 20.8 Å². The molecule has 0 aromatic heterocycles. The van der Waals surface area contributed by atoms with Gasteiger partial charge in [-0.15, -0.1) is 0 Å². The molecule has 4 rings (SSSR count). The molecule has 0 aliphatic carbocycles. The molecule has 1 aliphatic heterocycles. The lowest BCUT2D eigenvalue weighted by molar-refractivity contribution is -0.179. The molecule has 6 nitrogen and oxygen atoms in total. The highest BCUT2D eigenvalue weighted by molar-refractivity contribution is 6.30. The first-order chi connectivity index (χ1) is 18.4. The molecular formula is C30H33Cl2NO5. The van der Waals surface area contributed by atoms with Crippen LogP contribution in [-0.2, 0) is 20.9 Å². The Hall–Kier alpha value is -2.77. The molecule has 1 heterocycles. The number of benzene rings is 3. The second-order valence-corrected chi connectivity index (χ2v) is 10.1. The molecule has 3 aromatic rings. The standard InChI is InChI=1S/C30H33Cl2NO5/c1-5-25(18-37-17-20-9-14-26(35-3)27(15-20)36-4)33-28(21-10-12-23(31)13-11-21)29(38-19(2)30(33)34)22-7-6-8-24(32)16-22/h6-16,19,25,28-29H,5,17-18H2,1-4H3/t19-,25?,28-,29-/m1/s1. The molecule has 38 heavy (non-hydrogen) atoms. The molecule has 1 aliphatic rings. The molecule has 0 saturated carbocycles. The number of carbonyl (C=O) groups excluding carboxylic acids is 1. The number of ether oxygens (including phenoxy) is 4. The van der Waals surface area contributed by atoms with Gasteiger partial charge < -0.3 is 23.8 Å². The van der Waals surface area contributed by atoms with Gasteiger partial charge in [0.1, 0.15) is 12.2 Å². The van der Waals surface area contributed by atoms with Gasteiger partial charge in [-0.1, -0.05) is 60.5 Å². The zero-order valence-corrected chi connectivity index (χ0v) is 23.5. The highest BCUT2D eigenvalue weighted by Crippen LogP contribution is 2.44. The van der Waals surface area contributed by atoms with Crippen molar-refractivity contribution in [3.63, 3.8) is 0 Å². The summed E-state index contributed by atoms with van der Waals surface area (Å²) in [5, 5.41) is 1.24. The number of amides is 1. The Bertz CT molecular complexity index is 1240. The number of carbonyl (C=O) groups is 1. The summed E-state index contributed by atoms with van der Waals surface area (Å²) in [6.07, 6.45) is -0.332. The summed E-state index contributed by atoms with van der Waals surface area (Å²) < 4.78 is 23.2. The zero-order valence-electron chi connectivity index (χ0n) is 22.0. The second-order valence-electron chi connectivity index (χ2n) is 9.26. The van der Waals surface area contributed by atoms with E-state index < -0.39 is 12.2 Å². The number of hydrogen-bond acceptors (Lipinski definition) is 5. The van der Waals surface area contributed by atoms with Gasteiger partial charge in [0.2, 0.25) is 0 Å². The first-order valence-electron chi connectivity index (χ1n) is 12.6. The van der Waals surface area contributed by atoms with E-state index in [0.717, 1.165) is 16.7 Å². The second kappa shape index (κ2) is 12.9. The van der Waals surface area contributed by atoms with Crippen LogP contribution in [0.3, 0.4) is 0 Å². The largest absolute Gasteiger partial charge is 0.493 e. The van der Waals surface area contributed by atoms with Crippen molar-refractivity contribution in [3.8, 4) is 11.5 Å². The highest BCUT2D eigenvalue weighted by Gasteiger charge is 2.45. The summed E-state index contributed by atoms with van der Waals surface area (Å²) >= 11 is 12.6. The number of hydrogen-bond donors (Lipinski definition) is 0. The van der Waals surface area contributed by atoms with Crippen molar-refractivity contribution in [1.82, 2.24) is 4.90 Å². The van der Waals surface area contributed by atoms with Crippen molar-refractivity contribution in [2.45, 2.75) is 51.2 Å². The SMILES string of the molecule is CCC(COCc1ccc(OC)c(OC)c1)N1C(=O)[C@@H](C)O[C@H](c2cccc(Cl)c2)[C@H]1c1ccc(Cl)cc1. The van der Waals surface area contributed by atoms with Crippen LogP contribution in [-0.4, -0.2) is 43.8 Å². The molecule has 3 aromatic carbocycles. The fourth-order valence-electron chi connectivity index (χ4n) is 4.87. The third kappa shape index (κ3) is 6.26. The maximum absolute atomic E-state index is 13.7. The zero-order chi connectivity index (χ0) is 27.2. The first kappa shape index (κ1) is 28.2. The fraction of sp³-hybridized carbons (Fsp3) is 0.367. The molecule has 0 N–H and O–H groups in total. The Balaban J connectivity index is 1.63. The number of halogens is 2. The summed E-state index contributed by atoms with van der Waals surface area (Å²) in [7, 11) is 3.21. The van der Waals surface area contributed by atoms with Crippen LogP contribution in [0.5, 0.6) is 11.5 Å². The molecule has 0 radical (unpaired) electrons. The Morgan fingerprint density at radius 3 is 2.32 bits per heavy atom. The van der Waals surface area contributed by atoms with Crippen LogP contribution in [0.25, 0.3) is 0 Å². The van der Waals surface area contributed by atoms with Gasteiger partial charge in [-0.3, -0.25) is 4.79 Å². The molecular weight excluding hydrogens is 525 g/mol. The number of nitrogens with zero attached hydrogens (tertiary/aromatic N) is 1. The van der Waals surface area contributed by atoms with Gasteiger partial charge in [0, 0.05) is 10.0 Å². The van der Waals surface area contributed by atoms with E-state index in [0.29, 0.717) is 41.2 Å². The molecule has 0 bridgehead atoms. The van der Waals surface area contributed by atoms with Crippen LogP contribution in [0.15, 0.2) is 66.7 Å². The Kier molecular flexibility index (Phi) is 9.55. The first-order valence-corrected chi connectivity index (χ1v) is 13.4. The van der Waals surface area contributed by atoms with Gasteiger partial charge in [0.15, 0.2) is 11.5 Å². The van der Waals surface area contributed by atoms with E-state index in [1.54, 1.807) is 21.1 Å². The summed E-state index contributed by atoms with van der Waals surface area (Å²) in [4.78, 5) is 15.6. The average Bonchev–Trinajstić information content (AvgIpc) is 2.93. The molecule has 1 saturated heterocycles. The number of methoxy groups -OCH3 is 2. The minimum atomic E-state index is -0.623. The lowest BCUT2D eigenvalue weighted by atomic mass is 9.90. The molecule has 0 spiro atoms. The lowest BCUT2D eigenvalue weighted by Crippen LogP contribution is -2.55. The van der Waals surface area contributed by atoms with Crippen molar-refractivity contribution in [2.24, 2.45) is 0 Å². The van der Waals surface area contributed by atoms with Crippen molar-refractivity contribution < 1.29 is 23.7 Å². The van der Waals surface area contributed by atoms with Gasteiger partial charge in [-0.25, -0.2) is 0 Å². The topological polar surface area (TPSA) is 57.2 Å². The summed E-state index contributed by atoms with van der Waals surface area (Å²) in [5.41, 5.74) is 2.78. The van der Waals surface area contributed by atoms with E-state index in [2.05, 4.69) is 6.92 Å². The van der Waals surface area contributed by atoms with E-state index >= 15 is 0 Å². The summed E-state index contributed by atoms with van der Waals surface area (Å²) in [6, 6.07) is 20.3. The third-order valence-electron chi connectivity index (χ3n) is 6.82. The fourth-order valence-corrected chi connectivity index (χ4v) is 5.20. The summed E-state index contributed by atoms with van der Waals surface area (Å²) in [5.74, 6) is 1.23. The lowest BCUT2D eigenvalue weighted by Gasteiger charge is -2.47. The van der Waals surface area contributed by atoms with Crippen LogP contribution in [0.2, 0.25) is 10.0 Å². The van der Waals surface area contributed by atoms with Gasteiger partial charge in [0.25, 0.3) is 5.91 Å². The quantitative estimate of drug-likeness (QED) is 0.267. The molecule has 202 valence electrons. The molecule has 1 fully saturated rings. The maximum Gasteiger partial charge on any atom is 0.252 e. The Labute approximate surface area is 234 Å². The van der Waals surface area contributed by atoms with Crippen molar-refractivity contribution >= 4 is 29.1 Å². The van der Waals surface area contributed by atoms with Gasteiger partial charge in [-0.05, 0) is 66.4 Å². The molecule has 8 heteroatoms. The monoisotopic (exact) mass is 557 g/mol. The normalized spacial score (nSPS) is 20.3. The molecule has 1 amide bonds. The van der Waals surface area contributed by atoms with E-state index in [1.165, 1.54) is 0 Å². The van der Waals surface area contributed by atoms with Crippen LogP contribution in [0.1, 0.15) is 49.1 Å². The van der Waals surface area contributed by atoms with E-state index in [1.807, 2.05) is 71.6 Å². The van der Waals surface area contributed by atoms with Gasteiger partial charge in [-0.2, -0.15) is 0 Å². The third-order valence-corrected chi connectivity index (χ3v) is 7.31. The highest BCUT2D eigenvalue weighted by atomic mass is 35.5. The van der Waals surface area contributed by atoms with E-state index in [9.17, 15) is 4.79 Å². The molecule has 1 unspecified atom stereocenters. The average molecular weight is 559 g/mol. The van der Waals surface area contributed by atoms with Crippen LogP contribution in [0, 0.1) is 0 Å².